The fourth-order valence-corrected chi connectivity index (χ4v) is 1.15. The van der Waals surface area contributed by atoms with Crippen molar-refractivity contribution in [1.29, 1.82) is 0 Å². The van der Waals surface area contributed by atoms with Crippen LogP contribution in [0.3, 0.4) is 0 Å². The number of hydrogen-bond acceptors (Lipinski definition) is 2. The number of aliphatic hydroxyl groups is 1. The Morgan fingerprint density at radius 3 is 2.43 bits per heavy atom. The SMILES string of the molecule is CC(C)[C@@H](CO)/N=C/c1ccccc1. The first kappa shape index (κ1) is 10.9. The minimum atomic E-state index is 0.00945. The van der Waals surface area contributed by atoms with Crippen LogP contribution in [0.15, 0.2) is 35.3 Å². The van der Waals surface area contributed by atoms with Gasteiger partial charge in [0.05, 0.1) is 12.6 Å². The van der Waals surface area contributed by atoms with E-state index in [4.69, 9.17) is 5.11 Å². The summed E-state index contributed by atoms with van der Waals surface area (Å²) in [5, 5.41) is 9.06. The quantitative estimate of drug-likeness (QED) is 0.726. The van der Waals surface area contributed by atoms with Crippen LogP contribution in [0.25, 0.3) is 0 Å². The van der Waals surface area contributed by atoms with E-state index in [1.807, 2.05) is 36.5 Å². The lowest BCUT2D eigenvalue weighted by molar-refractivity contribution is 0.240. The molecular formula is C12H17NO. The van der Waals surface area contributed by atoms with Crippen molar-refractivity contribution in [3.05, 3.63) is 35.9 Å². The number of hydrogen-bond donors (Lipinski definition) is 1. The van der Waals surface area contributed by atoms with Crippen LogP contribution in [0, 0.1) is 5.92 Å². The highest BCUT2D eigenvalue weighted by Gasteiger charge is 2.08. The third kappa shape index (κ3) is 3.30. The number of nitrogens with zero attached hydrogens (tertiary/aromatic N) is 1. The number of rotatable bonds is 4. The lowest BCUT2D eigenvalue weighted by Gasteiger charge is -2.12. The van der Waals surface area contributed by atoms with E-state index in [2.05, 4.69) is 18.8 Å². The van der Waals surface area contributed by atoms with Gasteiger partial charge in [-0.3, -0.25) is 4.99 Å². The number of aliphatic hydroxyl groups excluding tert-OH is 1. The molecule has 0 unspecified atom stereocenters. The van der Waals surface area contributed by atoms with Gasteiger partial charge in [0.15, 0.2) is 0 Å². The summed E-state index contributed by atoms with van der Waals surface area (Å²) in [4.78, 5) is 4.34. The molecule has 0 radical (unpaired) electrons. The predicted octanol–water partition coefficient (Wildman–Crippen LogP) is 2.12. The molecular weight excluding hydrogens is 174 g/mol. The van der Waals surface area contributed by atoms with E-state index in [1.54, 1.807) is 0 Å². The van der Waals surface area contributed by atoms with Gasteiger partial charge in [0.1, 0.15) is 0 Å². The standard InChI is InChI=1S/C12H17NO/c1-10(2)12(9-14)13-8-11-6-4-3-5-7-11/h3-8,10,12,14H,9H2,1-2H3/b13-8+/t12-/m1/s1. The van der Waals surface area contributed by atoms with Gasteiger partial charge in [-0.15, -0.1) is 0 Å². The highest BCUT2D eigenvalue weighted by Crippen LogP contribution is 2.05. The topological polar surface area (TPSA) is 32.6 Å². The average Bonchev–Trinajstić information content (AvgIpc) is 2.20. The summed E-state index contributed by atoms with van der Waals surface area (Å²) in [7, 11) is 0. The Morgan fingerprint density at radius 2 is 1.93 bits per heavy atom. The maximum atomic E-state index is 9.06. The maximum Gasteiger partial charge on any atom is 0.0753 e. The molecule has 0 spiro atoms. The van der Waals surface area contributed by atoms with Gasteiger partial charge in [0, 0.05) is 6.21 Å². The second kappa shape index (κ2) is 5.55. The molecule has 1 rings (SSSR count). The molecule has 1 atom stereocenters. The van der Waals surface area contributed by atoms with Crippen molar-refractivity contribution >= 4 is 6.21 Å². The van der Waals surface area contributed by atoms with Gasteiger partial charge in [-0.1, -0.05) is 44.2 Å². The lowest BCUT2D eigenvalue weighted by Crippen LogP contribution is -2.17. The van der Waals surface area contributed by atoms with Crippen molar-refractivity contribution in [2.45, 2.75) is 19.9 Å². The molecule has 2 nitrogen and oxygen atoms in total. The Kier molecular flexibility index (Phi) is 4.33. The van der Waals surface area contributed by atoms with E-state index in [9.17, 15) is 0 Å². The van der Waals surface area contributed by atoms with Crippen LogP contribution in [0.5, 0.6) is 0 Å². The predicted molar refractivity (Wildman–Crippen MR) is 59.7 cm³/mol. The van der Waals surface area contributed by atoms with Gasteiger partial charge in [-0.2, -0.15) is 0 Å². The zero-order chi connectivity index (χ0) is 10.4. The van der Waals surface area contributed by atoms with Crippen LogP contribution >= 0.6 is 0 Å². The average molecular weight is 191 g/mol. The smallest absolute Gasteiger partial charge is 0.0753 e. The molecule has 1 N–H and O–H groups in total. The van der Waals surface area contributed by atoms with E-state index in [-0.39, 0.29) is 12.6 Å². The number of benzene rings is 1. The van der Waals surface area contributed by atoms with Crippen LogP contribution in [-0.4, -0.2) is 24.0 Å². The first-order chi connectivity index (χ1) is 6.74. The van der Waals surface area contributed by atoms with Crippen LogP contribution in [0.1, 0.15) is 19.4 Å². The molecule has 14 heavy (non-hydrogen) atoms. The number of aliphatic imine (C=N–C) groups is 1. The minimum Gasteiger partial charge on any atom is -0.394 e. The Bertz CT molecular complexity index is 280. The first-order valence-corrected chi connectivity index (χ1v) is 4.93. The Labute approximate surface area is 85.3 Å². The van der Waals surface area contributed by atoms with E-state index in [0.717, 1.165) is 5.56 Å². The molecule has 0 aromatic heterocycles. The molecule has 1 aromatic carbocycles. The molecule has 0 heterocycles. The monoisotopic (exact) mass is 191 g/mol. The second-order valence-corrected chi connectivity index (χ2v) is 3.68. The van der Waals surface area contributed by atoms with Gasteiger partial charge in [-0.25, -0.2) is 0 Å². The summed E-state index contributed by atoms with van der Waals surface area (Å²) in [6.07, 6.45) is 1.82. The molecule has 0 saturated carbocycles. The molecule has 0 fully saturated rings. The zero-order valence-electron chi connectivity index (χ0n) is 8.72. The van der Waals surface area contributed by atoms with Gasteiger partial charge < -0.3 is 5.11 Å². The lowest BCUT2D eigenvalue weighted by atomic mass is 10.1. The van der Waals surface area contributed by atoms with Gasteiger partial charge in [-0.05, 0) is 11.5 Å². The fraction of sp³-hybridized carbons (Fsp3) is 0.417. The molecule has 0 aliphatic heterocycles. The van der Waals surface area contributed by atoms with Crippen LogP contribution in [0.2, 0.25) is 0 Å². The third-order valence-electron chi connectivity index (χ3n) is 2.17. The van der Waals surface area contributed by atoms with Crippen molar-refractivity contribution < 1.29 is 5.11 Å². The summed E-state index contributed by atoms with van der Waals surface area (Å²) in [5.41, 5.74) is 1.08. The van der Waals surface area contributed by atoms with Crippen molar-refractivity contribution in [2.75, 3.05) is 6.61 Å². The zero-order valence-corrected chi connectivity index (χ0v) is 8.72. The van der Waals surface area contributed by atoms with Crippen molar-refractivity contribution in [1.82, 2.24) is 0 Å². The van der Waals surface area contributed by atoms with Gasteiger partial charge in [0.2, 0.25) is 0 Å². The highest BCUT2D eigenvalue weighted by molar-refractivity contribution is 5.79. The third-order valence-corrected chi connectivity index (χ3v) is 2.17. The Morgan fingerprint density at radius 1 is 1.29 bits per heavy atom. The molecule has 1 aromatic rings. The normalized spacial score (nSPS) is 13.7. The van der Waals surface area contributed by atoms with Crippen molar-refractivity contribution in [2.24, 2.45) is 10.9 Å². The molecule has 0 saturated heterocycles. The van der Waals surface area contributed by atoms with E-state index >= 15 is 0 Å². The summed E-state index contributed by atoms with van der Waals surface area (Å²) in [5.74, 6) is 0.375. The van der Waals surface area contributed by atoms with Gasteiger partial charge >= 0.3 is 0 Å². The van der Waals surface area contributed by atoms with Gasteiger partial charge in [0.25, 0.3) is 0 Å². The first-order valence-electron chi connectivity index (χ1n) is 4.93. The van der Waals surface area contributed by atoms with E-state index in [0.29, 0.717) is 5.92 Å². The minimum absolute atomic E-state index is 0.00945. The summed E-state index contributed by atoms with van der Waals surface area (Å²) < 4.78 is 0. The van der Waals surface area contributed by atoms with Crippen LogP contribution in [-0.2, 0) is 0 Å². The highest BCUT2D eigenvalue weighted by atomic mass is 16.3. The van der Waals surface area contributed by atoms with Crippen molar-refractivity contribution in [3.63, 3.8) is 0 Å². The Balaban J connectivity index is 2.63. The van der Waals surface area contributed by atoms with E-state index in [1.165, 1.54) is 0 Å². The van der Waals surface area contributed by atoms with Crippen LogP contribution in [0.4, 0.5) is 0 Å². The largest absolute Gasteiger partial charge is 0.394 e. The summed E-state index contributed by atoms with van der Waals surface area (Å²) in [6, 6.07) is 9.94. The van der Waals surface area contributed by atoms with E-state index < -0.39 is 0 Å². The van der Waals surface area contributed by atoms with Crippen molar-refractivity contribution in [3.8, 4) is 0 Å². The molecule has 76 valence electrons. The molecule has 2 heteroatoms. The molecule has 0 aliphatic carbocycles. The summed E-state index contributed by atoms with van der Waals surface area (Å²) >= 11 is 0. The Hall–Kier alpha value is -1.15. The molecule has 0 aliphatic rings. The maximum absolute atomic E-state index is 9.06. The second-order valence-electron chi connectivity index (χ2n) is 3.68. The summed E-state index contributed by atoms with van der Waals surface area (Å²) in [6.45, 7) is 4.23. The molecule has 0 bridgehead atoms. The van der Waals surface area contributed by atoms with Crippen LogP contribution < -0.4 is 0 Å². The molecule has 0 amide bonds. The fourth-order valence-electron chi connectivity index (χ4n) is 1.15.